The van der Waals surface area contributed by atoms with Crippen molar-refractivity contribution in [3.05, 3.63) is 128 Å². The van der Waals surface area contributed by atoms with Crippen molar-refractivity contribution in [3.8, 4) is 0 Å². The zero-order chi connectivity index (χ0) is 24.5. The Bertz CT molecular complexity index is 1240. The van der Waals surface area contributed by atoms with E-state index in [1.165, 1.54) is 17.0 Å². The quantitative estimate of drug-likeness (QED) is 0.217. The van der Waals surface area contributed by atoms with Gasteiger partial charge in [-0.15, -0.1) is 0 Å². The van der Waals surface area contributed by atoms with E-state index in [2.05, 4.69) is 0 Å². The molecule has 2 nitrogen and oxygen atoms in total. The minimum absolute atomic E-state index is 0.109. The SMILES string of the molecule is O=C(/C=C/C=C/c1ccc(Cl)cc1Cl)N(C/C=C\c1ccc(Cl)cc1)Cc1ccc(F)c(F)c1. The van der Waals surface area contributed by atoms with Crippen LogP contribution >= 0.6 is 34.8 Å². The zero-order valence-corrected chi connectivity index (χ0v) is 20.2. The molecule has 0 spiro atoms. The summed E-state index contributed by atoms with van der Waals surface area (Å²) >= 11 is 17.9. The van der Waals surface area contributed by atoms with Crippen LogP contribution in [0.5, 0.6) is 0 Å². The average Bonchev–Trinajstić information content (AvgIpc) is 2.80. The molecule has 0 radical (unpaired) electrons. The van der Waals surface area contributed by atoms with Crippen LogP contribution in [0.2, 0.25) is 15.1 Å². The third-order valence-electron chi connectivity index (χ3n) is 4.76. The Morgan fingerprint density at radius 1 is 0.824 bits per heavy atom. The van der Waals surface area contributed by atoms with E-state index in [0.29, 0.717) is 20.6 Å². The summed E-state index contributed by atoms with van der Waals surface area (Å²) in [6, 6.07) is 16.0. The second-order valence-corrected chi connectivity index (χ2v) is 8.59. The number of carbonyl (C=O) groups is 1. The molecule has 7 heteroatoms. The first-order valence-electron chi connectivity index (χ1n) is 10.3. The molecular weight excluding hydrogens is 499 g/mol. The molecule has 3 aromatic carbocycles. The molecule has 0 aliphatic heterocycles. The first-order valence-corrected chi connectivity index (χ1v) is 11.4. The molecule has 3 rings (SSSR count). The van der Waals surface area contributed by atoms with Gasteiger partial charge in [0.2, 0.25) is 5.91 Å². The standard InChI is InChI=1S/C27H20Cl3F2NO/c28-22-11-7-19(8-12-22)4-3-15-33(18-20-9-14-25(31)26(32)16-20)27(34)6-2-1-5-21-10-13-23(29)17-24(21)30/h1-14,16-17H,15,18H2/b4-3-,5-1+,6-2+. The summed E-state index contributed by atoms with van der Waals surface area (Å²) in [4.78, 5) is 14.4. The van der Waals surface area contributed by atoms with Gasteiger partial charge >= 0.3 is 0 Å². The highest BCUT2D eigenvalue weighted by molar-refractivity contribution is 6.35. The van der Waals surface area contributed by atoms with Crippen LogP contribution in [-0.4, -0.2) is 17.4 Å². The van der Waals surface area contributed by atoms with Gasteiger partial charge in [0.25, 0.3) is 0 Å². The monoisotopic (exact) mass is 517 g/mol. The van der Waals surface area contributed by atoms with E-state index in [-0.39, 0.29) is 19.0 Å². The molecule has 174 valence electrons. The smallest absolute Gasteiger partial charge is 0.247 e. The van der Waals surface area contributed by atoms with Crippen molar-refractivity contribution in [1.82, 2.24) is 4.90 Å². The molecule has 0 saturated heterocycles. The van der Waals surface area contributed by atoms with Gasteiger partial charge in [0.05, 0.1) is 0 Å². The van der Waals surface area contributed by atoms with Crippen LogP contribution < -0.4 is 0 Å². The number of nitrogens with zero attached hydrogens (tertiary/aromatic N) is 1. The van der Waals surface area contributed by atoms with Crippen molar-refractivity contribution < 1.29 is 13.6 Å². The Morgan fingerprint density at radius 3 is 2.26 bits per heavy atom. The molecule has 0 aromatic heterocycles. The van der Waals surface area contributed by atoms with Gasteiger partial charge < -0.3 is 4.90 Å². The van der Waals surface area contributed by atoms with Crippen LogP contribution in [0.4, 0.5) is 8.78 Å². The van der Waals surface area contributed by atoms with Gasteiger partial charge in [-0.2, -0.15) is 0 Å². The van der Waals surface area contributed by atoms with Gasteiger partial charge in [0, 0.05) is 34.2 Å². The van der Waals surface area contributed by atoms with Crippen LogP contribution in [-0.2, 0) is 11.3 Å². The molecule has 0 unspecified atom stereocenters. The van der Waals surface area contributed by atoms with E-state index in [9.17, 15) is 13.6 Å². The van der Waals surface area contributed by atoms with Crippen molar-refractivity contribution in [1.29, 1.82) is 0 Å². The Morgan fingerprint density at radius 2 is 1.56 bits per heavy atom. The van der Waals surface area contributed by atoms with Crippen LogP contribution in [0.15, 0.2) is 85.0 Å². The van der Waals surface area contributed by atoms with E-state index >= 15 is 0 Å². The number of rotatable bonds is 8. The molecule has 3 aromatic rings. The molecule has 0 saturated carbocycles. The zero-order valence-electron chi connectivity index (χ0n) is 17.9. The van der Waals surface area contributed by atoms with E-state index in [0.717, 1.165) is 23.3 Å². The number of hydrogen-bond donors (Lipinski definition) is 0. The number of hydrogen-bond acceptors (Lipinski definition) is 1. The molecule has 0 fully saturated rings. The summed E-state index contributed by atoms with van der Waals surface area (Å²) < 4.78 is 27.0. The van der Waals surface area contributed by atoms with Gasteiger partial charge in [-0.1, -0.05) is 89.4 Å². The second kappa shape index (κ2) is 12.5. The van der Waals surface area contributed by atoms with E-state index < -0.39 is 11.6 Å². The lowest BCUT2D eigenvalue weighted by Gasteiger charge is -2.20. The summed E-state index contributed by atoms with van der Waals surface area (Å²) in [7, 11) is 0. The van der Waals surface area contributed by atoms with Gasteiger partial charge in [0.1, 0.15) is 0 Å². The molecule has 0 aliphatic carbocycles. The number of allylic oxidation sites excluding steroid dienone is 2. The molecule has 34 heavy (non-hydrogen) atoms. The van der Waals surface area contributed by atoms with Gasteiger partial charge in [-0.3, -0.25) is 4.79 Å². The van der Waals surface area contributed by atoms with Crippen molar-refractivity contribution in [3.63, 3.8) is 0 Å². The molecule has 1 amide bonds. The second-order valence-electron chi connectivity index (χ2n) is 7.31. The van der Waals surface area contributed by atoms with Crippen molar-refractivity contribution >= 4 is 52.9 Å². The maximum absolute atomic E-state index is 13.7. The highest BCUT2D eigenvalue weighted by Gasteiger charge is 2.11. The molecule has 0 heterocycles. The predicted molar refractivity (Wildman–Crippen MR) is 137 cm³/mol. The average molecular weight is 519 g/mol. The molecule has 0 atom stereocenters. The topological polar surface area (TPSA) is 20.3 Å². The molecule has 0 aliphatic rings. The fraction of sp³-hybridized carbons (Fsp3) is 0.0741. The normalized spacial score (nSPS) is 11.7. The van der Waals surface area contributed by atoms with Gasteiger partial charge in [-0.25, -0.2) is 8.78 Å². The number of benzene rings is 3. The third kappa shape index (κ3) is 7.84. The Kier molecular flexibility index (Phi) is 9.46. The molecule has 0 N–H and O–H groups in total. The summed E-state index contributed by atoms with van der Waals surface area (Å²) in [5.74, 6) is -2.19. The summed E-state index contributed by atoms with van der Waals surface area (Å²) in [5.41, 5.74) is 2.15. The minimum atomic E-state index is -0.958. The van der Waals surface area contributed by atoms with Gasteiger partial charge in [-0.05, 0) is 53.1 Å². The van der Waals surface area contributed by atoms with Crippen LogP contribution in [0.25, 0.3) is 12.2 Å². The lowest BCUT2D eigenvalue weighted by atomic mass is 10.2. The highest BCUT2D eigenvalue weighted by Crippen LogP contribution is 2.22. The number of carbonyl (C=O) groups excluding carboxylic acids is 1. The maximum Gasteiger partial charge on any atom is 0.247 e. The van der Waals surface area contributed by atoms with Crippen LogP contribution in [0, 0.1) is 11.6 Å². The summed E-state index contributed by atoms with van der Waals surface area (Å²) in [6.45, 7) is 0.371. The lowest BCUT2D eigenvalue weighted by Crippen LogP contribution is -2.29. The van der Waals surface area contributed by atoms with Crippen LogP contribution in [0.1, 0.15) is 16.7 Å². The van der Waals surface area contributed by atoms with E-state index in [4.69, 9.17) is 34.8 Å². The summed E-state index contributed by atoms with van der Waals surface area (Å²) in [5, 5.41) is 1.66. The predicted octanol–water partition coefficient (Wildman–Crippen LogP) is 8.24. The number of halogens is 5. The minimum Gasteiger partial charge on any atom is -0.331 e. The largest absolute Gasteiger partial charge is 0.331 e. The van der Waals surface area contributed by atoms with Gasteiger partial charge in [0.15, 0.2) is 11.6 Å². The highest BCUT2D eigenvalue weighted by atomic mass is 35.5. The third-order valence-corrected chi connectivity index (χ3v) is 5.58. The van der Waals surface area contributed by atoms with Crippen molar-refractivity contribution in [2.45, 2.75) is 6.54 Å². The molecule has 0 bridgehead atoms. The van der Waals surface area contributed by atoms with E-state index in [1.54, 1.807) is 48.6 Å². The number of amides is 1. The first kappa shape index (κ1) is 25.7. The Labute approximate surface area is 212 Å². The van der Waals surface area contributed by atoms with E-state index in [1.807, 2.05) is 24.3 Å². The maximum atomic E-state index is 13.7. The fourth-order valence-corrected chi connectivity index (χ4v) is 3.62. The fourth-order valence-electron chi connectivity index (χ4n) is 3.02. The first-order chi connectivity index (χ1) is 16.3. The van der Waals surface area contributed by atoms with Crippen LogP contribution in [0.3, 0.4) is 0 Å². The molecular formula is C27H20Cl3F2NO. The van der Waals surface area contributed by atoms with Crippen molar-refractivity contribution in [2.75, 3.05) is 6.54 Å². The Hall–Kier alpha value is -2.92. The summed E-state index contributed by atoms with van der Waals surface area (Å²) in [6.07, 6.45) is 10.1. The van der Waals surface area contributed by atoms with Crippen molar-refractivity contribution in [2.24, 2.45) is 0 Å². The Balaban J connectivity index is 1.73. The lowest BCUT2D eigenvalue weighted by molar-refractivity contribution is -0.126.